The van der Waals surface area contributed by atoms with Crippen LogP contribution in [0.15, 0.2) is 47.0 Å². The van der Waals surface area contributed by atoms with Gasteiger partial charge in [0.2, 0.25) is 11.7 Å². The second-order valence-electron chi connectivity index (χ2n) is 6.94. The van der Waals surface area contributed by atoms with E-state index >= 15 is 0 Å². The summed E-state index contributed by atoms with van der Waals surface area (Å²) in [4.78, 5) is 18.5. The number of aromatic nitrogens is 2. The van der Waals surface area contributed by atoms with E-state index in [9.17, 15) is 4.79 Å². The van der Waals surface area contributed by atoms with Crippen molar-refractivity contribution in [2.45, 2.75) is 33.4 Å². The summed E-state index contributed by atoms with van der Waals surface area (Å²) < 4.78 is 16.3. The normalized spacial score (nSPS) is 11.8. The van der Waals surface area contributed by atoms with Gasteiger partial charge < -0.3 is 18.9 Å². The summed E-state index contributed by atoms with van der Waals surface area (Å²) in [5.74, 6) is 1.99. The Bertz CT molecular complexity index is 999. The maximum absolute atomic E-state index is 12.7. The quantitative estimate of drug-likeness (QED) is 0.606. The van der Waals surface area contributed by atoms with E-state index in [-0.39, 0.29) is 12.5 Å². The molecule has 1 unspecified atom stereocenters. The molecule has 0 saturated heterocycles. The fourth-order valence-electron chi connectivity index (χ4n) is 2.83. The average Bonchev–Trinajstić information content (AvgIpc) is 3.18. The Balaban J connectivity index is 1.63. The molecule has 152 valence electrons. The van der Waals surface area contributed by atoms with Crippen molar-refractivity contribution in [3.63, 3.8) is 0 Å². The number of amides is 1. The molecule has 3 aromatic rings. The number of hydrogen-bond donors (Lipinski definition) is 0. The summed E-state index contributed by atoms with van der Waals surface area (Å²) in [6.07, 6.45) is -0.636. The second kappa shape index (κ2) is 8.77. The standard InChI is InChI=1S/C22H25N3O4/c1-14-9-10-19(11-15(14)2)28-16(3)22(26)25(4)13-20-23-21(24-29-20)17-7-6-8-18(12-17)27-5/h6-12,16H,13H2,1-5H3. The first-order valence-corrected chi connectivity index (χ1v) is 9.33. The number of rotatable bonds is 7. The molecule has 0 aliphatic carbocycles. The number of nitrogens with zero attached hydrogens (tertiary/aromatic N) is 3. The second-order valence-corrected chi connectivity index (χ2v) is 6.94. The van der Waals surface area contributed by atoms with Crippen LogP contribution in [0.1, 0.15) is 23.9 Å². The SMILES string of the molecule is COc1cccc(-c2noc(CN(C)C(=O)C(C)Oc3ccc(C)c(C)c3)n2)c1. The van der Waals surface area contributed by atoms with E-state index in [1.54, 1.807) is 21.1 Å². The van der Waals surface area contributed by atoms with Crippen molar-refractivity contribution in [2.24, 2.45) is 0 Å². The highest BCUT2D eigenvalue weighted by atomic mass is 16.5. The lowest BCUT2D eigenvalue weighted by Gasteiger charge is -2.21. The van der Waals surface area contributed by atoms with Gasteiger partial charge in [0.1, 0.15) is 11.5 Å². The monoisotopic (exact) mass is 395 g/mol. The van der Waals surface area contributed by atoms with E-state index in [1.807, 2.05) is 56.3 Å². The third kappa shape index (κ3) is 4.93. The molecule has 0 spiro atoms. The van der Waals surface area contributed by atoms with Crippen molar-refractivity contribution < 1.29 is 18.8 Å². The van der Waals surface area contributed by atoms with Crippen LogP contribution in [0.25, 0.3) is 11.4 Å². The highest BCUT2D eigenvalue weighted by Crippen LogP contribution is 2.22. The van der Waals surface area contributed by atoms with Crippen LogP contribution in [-0.4, -0.2) is 41.2 Å². The molecular formula is C22H25N3O4. The maximum atomic E-state index is 12.7. The fraction of sp³-hybridized carbons (Fsp3) is 0.318. The Morgan fingerprint density at radius 3 is 2.66 bits per heavy atom. The molecular weight excluding hydrogens is 370 g/mol. The van der Waals surface area contributed by atoms with Crippen LogP contribution in [0.3, 0.4) is 0 Å². The Morgan fingerprint density at radius 1 is 1.14 bits per heavy atom. The van der Waals surface area contributed by atoms with Crippen molar-refractivity contribution in [3.8, 4) is 22.9 Å². The molecule has 0 aliphatic heterocycles. The van der Waals surface area contributed by atoms with Crippen molar-refractivity contribution >= 4 is 5.91 Å². The van der Waals surface area contributed by atoms with Crippen LogP contribution in [0.2, 0.25) is 0 Å². The maximum Gasteiger partial charge on any atom is 0.263 e. The van der Waals surface area contributed by atoms with Gasteiger partial charge in [-0.1, -0.05) is 23.4 Å². The molecule has 7 heteroatoms. The third-order valence-corrected chi connectivity index (χ3v) is 4.68. The van der Waals surface area contributed by atoms with E-state index < -0.39 is 6.10 Å². The van der Waals surface area contributed by atoms with Gasteiger partial charge in [-0.15, -0.1) is 0 Å². The zero-order chi connectivity index (χ0) is 21.0. The zero-order valence-corrected chi connectivity index (χ0v) is 17.3. The minimum Gasteiger partial charge on any atom is -0.497 e. The summed E-state index contributed by atoms with van der Waals surface area (Å²) in [6.45, 7) is 5.96. The molecule has 2 aromatic carbocycles. The minimum absolute atomic E-state index is 0.177. The van der Waals surface area contributed by atoms with E-state index in [0.717, 1.165) is 11.1 Å². The molecule has 0 aliphatic rings. The number of hydrogen-bond acceptors (Lipinski definition) is 6. The van der Waals surface area contributed by atoms with E-state index in [1.165, 1.54) is 10.5 Å². The molecule has 1 atom stereocenters. The Hall–Kier alpha value is -3.35. The summed E-state index contributed by atoms with van der Waals surface area (Å²) in [5.41, 5.74) is 3.07. The number of methoxy groups -OCH3 is 1. The number of benzene rings is 2. The highest BCUT2D eigenvalue weighted by Gasteiger charge is 2.21. The number of carbonyl (C=O) groups excluding carboxylic acids is 1. The smallest absolute Gasteiger partial charge is 0.263 e. The number of likely N-dealkylation sites (N-methyl/N-ethyl adjacent to an activating group) is 1. The molecule has 1 heterocycles. The van der Waals surface area contributed by atoms with Crippen molar-refractivity contribution in [1.82, 2.24) is 15.0 Å². The molecule has 0 saturated carbocycles. The van der Waals surface area contributed by atoms with Crippen molar-refractivity contribution in [1.29, 1.82) is 0 Å². The van der Waals surface area contributed by atoms with Gasteiger partial charge in [-0.25, -0.2) is 0 Å². The lowest BCUT2D eigenvalue weighted by Crippen LogP contribution is -2.37. The molecule has 0 bridgehead atoms. The molecule has 0 radical (unpaired) electrons. The van der Waals surface area contributed by atoms with Crippen LogP contribution in [0.4, 0.5) is 0 Å². The Morgan fingerprint density at radius 2 is 1.93 bits per heavy atom. The van der Waals surface area contributed by atoms with Gasteiger partial charge in [0.25, 0.3) is 5.91 Å². The van der Waals surface area contributed by atoms with Gasteiger partial charge in [-0.3, -0.25) is 4.79 Å². The average molecular weight is 395 g/mol. The molecule has 1 amide bonds. The Kier molecular flexibility index (Phi) is 6.16. The van der Waals surface area contributed by atoms with Crippen LogP contribution >= 0.6 is 0 Å². The topological polar surface area (TPSA) is 77.7 Å². The van der Waals surface area contributed by atoms with Crippen LogP contribution in [0.5, 0.6) is 11.5 Å². The van der Waals surface area contributed by atoms with Crippen molar-refractivity contribution in [2.75, 3.05) is 14.2 Å². The van der Waals surface area contributed by atoms with Crippen LogP contribution < -0.4 is 9.47 Å². The molecule has 0 N–H and O–H groups in total. The minimum atomic E-state index is -0.636. The molecule has 29 heavy (non-hydrogen) atoms. The van der Waals surface area contributed by atoms with E-state index in [4.69, 9.17) is 14.0 Å². The van der Waals surface area contributed by atoms with E-state index in [2.05, 4.69) is 10.1 Å². The summed E-state index contributed by atoms with van der Waals surface area (Å²) in [7, 11) is 3.28. The summed E-state index contributed by atoms with van der Waals surface area (Å²) >= 11 is 0. The summed E-state index contributed by atoms with van der Waals surface area (Å²) in [6, 6.07) is 13.2. The van der Waals surface area contributed by atoms with Crippen molar-refractivity contribution in [3.05, 3.63) is 59.5 Å². The number of ether oxygens (including phenoxy) is 2. The van der Waals surface area contributed by atoms with Gasteiger partial charge in [0, 0.05) is 12.6 Å². The fourth-order valence-corrected chi connectivity index (χ4v) is 2.83. The lowest BCUT2D eigenvalue weighted by atomic mass is 10.1. The van der Waals surface area contributed by atoms with Gasteiger partial charge >= 0.3 is 0 Å². The summed E-state index contributed by atoms with van der Waals surface area (Å²) in [5, 5.41) is 3.99. The molecule has 0 fully saturated rings. The van der Waals surface area contributed by atoms with E-state index in [0.29, 0.717) is 23.2 Å². The highest BCUT2D eigenvalue weighted by molar-refractivity contribution is 5.80. The largest absolute Gasteiger partial charge is 0.497 e. The molecule has 7 nitrogen and oxygen atoms in total. The molecule has 1 aromatic heterocycles. The first-order valence-electron chi connectivity index (χ1n) is 9.33. The van der Waals surface area contributed by atoms with Gasteiger partial charge in [0.05, 0.1) is 13.7 Å². The van der Waals surface area contributed by atoms with Gasteiger partial charge in [-0.05, 0) is 56.2 Å². The van der Waals surface area contributed by atoms with Gasteiger partial charge in [-0.2, -0.15) is 4.98 Å². The molecule has 3 rings (SSSR count). The predicted molar refractivity (Wildman–Crippen MR) is 109 cm³/mol. The Labute approximate surface area is 170 Å². The lowest BCUT2D eigenvalue weighted by molar-refractivity contribution is -0.137. The number of aryl methyl sites for hydroxylation is 2. The van der Waals surface area contributed by atoms with Gasteiger partial charge in [0.15, 0.2) is 6.10 Å². The first-order chi connectivity index (χ1) is 13.9. The zero-order valence-electron chi connectivity index (χ0n) is 17.3. The van der Waals surface area contributed by atoms with Crippen LogP contribution in [0, 0.1) is 13.8 Å². The number of carbonyl (C=O) groups is 1. The third-order valence-electron chi connectivity index (χ3n) is 4.68. The van der Waals surface area contributed by atoms with Crippen LogP contribution in [-0.2, 0) is 11.3 Å². The predicted octanol–water partition coefficient (Wildman–Crippen LogP) is 3.79. The first kappa shape index (κ1) is 20.4.